The van der Waals surface area contributed by atoms with Gasteiger partial charge in [0.15, 0.2) is 0 Å². The summed E-state index contributed by atoms with van der Waals surface area (Å²) in [4.78, 5) is 24.7. The molecular weight excluding hydrogens is 438 g/mol. The van der Waals surface area contributed by atoms with Gasteiger partial charge in [-0.15, -0.1) is 0 Å². The van der Waals surface area contributed by atoms with E-state index in [9.17, 15) is 18.0 Å². The molecule has 2 aromatic carbocycles. The van der Waals surface area contributed by atoms with Gasteiger partial charge in [0.2, 0.25) is 15.9 Å². The first-order chi connectivity index (χ1) is 14.7. The number of hydrogen-bond acceptors (Lipinski definition) is 4. The Labute approximate surface area is 187 Å². The predicted octanol–water partition coefficient (Wildman–Crippen LogP) is 3.58. The highest BCUT2D eigenvalue weighted by Gasteiger charge is 2.30. The van der Waals surface area contributed by atoms with E-state index in [2.05, 4.69) is 10.6 Å². The fourth-order valence-electron chi connectivity index (χ4n) is 3.54. The van der Waals surface area contributed by atoms with Crippen LogP contribution in [0.3, 0.4) is 0 Å². The first-order valence-corrected chi connectivity index (χ1v) is 12.0. The Bertz CT molecular complexity index is 1070. The highest BCUT2D eigenvalue weighted by atomic mass is 35.5. The molecular formula is C22H26ClN3O4S. The number of amides is 2. The van der Waals surface area contributed by atoms with Gasteiger partial charge in [-0.3, -0.25) is 9.59 Å². The van der Waals surface area contributed by atoms with Gasteiger partial charge in [-0.2, -0.15) is 4.31 Å². The lowest BCUT2D eigenvalue weighted by Crippen LogP contribution is -2.41. The summed E-state index contributed by atoms with van der Waals surface area (Å²) in [6.45, 7) is 3.98. The lowest BCUT2D eigenvalue weighted by Gasteiger charge is -2.32. The van der Waals surface area contributed by atoms with Crippen LogP contribution in [0.1, 0.15) is 42.1 Å². The molecule has 1 atom stereocenters. The van der Waals surface area contributed by atoms with E-state index in [1.165, 1.54) is 28.6 Å². The van der Waals surface area contributed by atoms with Gasteiger partial charge in [0.1, 0.15) is 0 Å². The van der Waals surface area contributed by atoms with Crippen molar-refractivity contribution in [3.63, 3.8) is 0 Å². The Kier molecular flexibility index (Phi) is 7.35. The number of nitrogens with one attached hydrogen (secondary N) is 2. The third-order valence-electron chi connectivity index (χ3n) is 5.42. The van der Waals surface area contributed by atoms with Gasteiger partial charge in [0.05, 0.1) is 11.4 Å². The van der Waals surface area contributed by atoms with Crippen LogP contribution in [0.2, 0.25) is 5.02 Å². The standard InChI is InChI=1S/C22H26ClN3O4S/c1-15-6-3-4-13-26(15)31(29,30)18-11-9-17(10-12-18)22(28)24-14-21(27)25-20-8-5-7-19(23)16(20)2/h5,7-12,15H,3-4,6,13-14H2,1-2H3,(H,24,28)(H,25,27)/t15-/m0/s1. The quantitative estimate of drug-likeness (QED) is 0.684. The molecule has 0 aromatic heterocycles. The summed E-state index contributed by atoms with van der Waals surface area (Å²) in [5, 5.41) is 5.78. The lowest BCUT2D eigenvalue weighted by molar-refractivity contribution is -0.115. The number of carbonyl (C=O) groups is 2. The largest absolute Gasteiger partial charge is 0.343 e. The molecule has 1 heterocycles. The molecule has 1 saturated heterocycles. The average molecular weight is 464 g/mol. The second-order valence-electron chi connectivity index (χ2n) is 7.63. The van der Waals surface area contributed by atoms with Crippen LogP contribution in [0.25, 0.3) is 0 Å². The molecule has 1 fully saturated rings. The monoisotopic (exact) mass is 463 g/mol. The van der Waals surface area contributed by atoms with Gasteiger partial charge in [-0.1, -0.05) is 24.1 Å². The minimum Gasteiger partial charge on any atom is -0.343 e. The van der Waals surface area contributed by atoms with Gasteiger partial charge in [-0.05, 0) is 68.7 Å². The minimum atomic E-state index is -3.59. The SMILES string of the molecule is Cc1c(Cl)cccc1NC(=O)CNC(=O)c1ccc(S(=O)(=O)N2CCCC[C@@H]2C)cc1. The van der Waals surface area contributed by atoms with Crippen LogP contribution >= 0.6 is 11.6 Å². The maximum atomic E-state index is 12.9. The summed E-state index contributed by atoms with van der Waals surface area (Å²) in [6, 6.07) is 10.9. The Morgan fingerprint density at radius 3 is 2.52 bits per heavy atom. The van der Waals surface area contributed by atoms with E-state index in [4.69, 9.17) is 11.6 Å². The third kappa shape index (κ3) is 5.44. The lowest BCUT2D eigenvalue weighted by atomic mass is 10.1. The first kappa shape index (κ1) is 23.2. The molecule has 0 saturated carbocycles. The van der Waals surface area contributed by atoms with Crippen LogP contribution in [0.15, 0.2) is 47.4 Å². The van der Waals surface area contributed by atoms with Crippen LogP contribution in [-0.4, -0.2) is 43.7 Å². The maximum Gasteiger partial charge on any atom is 0.251 e. The highest BCUT2D eigenvalue weighted by molar-refractivity contribution is 7.89. The summed E-state index contributed by atoms with van der Waals surface area (Å²) in [6.07, 6.45) is 2.72. The number of anilines is 1. The molecule has 31 heavy (non-hydrogen) atoms. The normalized spacial score (nSPS) is 17.2. The molecule has 2 N–H and O–H groups in total. The van der Waals surface area contributed by atoms with E-state index < -0.39 is 21.8 Å². The van der Waals surface area contributed by atoms with Crippen molar-refractivity contribution in [2.75, 3.05) is 18.4 Å². The van der Waals surface area contributed by atoms with Crippen molar-refractivity contribution >= 4 is 39.1 Å². The molecule has 0 unspecified atom stereocenters. The molecule has 3 rings (SSSR count). The Morgan fingerprint density at radius 2 is 1.84 bits per heavy atom. The molecule has 2 aromatic rings. The van der Waals surface area contributed by atoms with Gasteiger partial charge in [0.25, 0.3) is 5.91 Å². The molecule has 1 aliphatic heterocycles. The van der Waals surface area contributed by atoms with E-state index in [1.54, 1.807) is 25.1 Å². The van der Waals surface area contributed by atoms with Crippen molar-refractivity contribution in [3.05, 3.63) is 58.6 Å². The van der Waals surface area contributed by atoms with Gasteiger partial charge in [-0.25, -0.2) is 8.42 Å². The fourth-order valence-corrected chi connectivity index (χ4v) is 5.42. The number of carbonyl (C=O) groups excluding carboxylic acids is 2. The Balaban J connectivity index is 1.60. The van der Waals surface area contributed by atoms with Crippen molar-refractivity contribution in [1.29, 1.82) is 0 Å². The van der Waals surface area contributed by atoms with E-state index in [0.29, 0.717) is 17.3 Å². The Morgan fingerprint density at radius 1 is 1.13 bits per heavy atom. The molecule has 1 aliphatic rings. The number of halogens is 1. The number of hydrogen-bond donors (Lipinski definition) is 2. The molecule has 2 amide bonds. The van der Waals surface area contributed by atoms with E-state index in [-0.39, 0.29) is 23.0 Å². The summed E-state index contributed by atoms with van der Waals surface area (Å²) in [5.41, 5.74) is 1.59. The number of benzene rings is 2. The zero-order valence-electron chi connectivity index (χ0n) is 17.5. The number of nitrogens with zero attached hydrogens (tertiary/aromatic N) is 1. The maximum absolute atomic E-state index is 12.9. The molecule has 9 heteroatoms. The predicted molar refractivity (Wildman–Crippen MR) is 121 cm³/mol. The Hall–Kier alpha value is -2.42. The van der Waals surface area contributed by atoms with Crippen molar-refractivity contribution in [2.45, 2.75) is 44.0 Å². The van der Waals surface area contributed by atoms with Crippen LogP contribution in [-0.2, 0) is 14.8 Å². The first-order valence-electron chi connectivity index (χ1n) is 10.1. The van der Waals surface area contributed by atoms with Crippen LogP contribution in [0.5, 0.6) is 0 Å². The van der Waals surface area contributed by atoms with E-state index in [1.807, 2.05) is 6.92 Å². The molecule has 0 aliphatic carbocycles. The minimum absolute atomic E-state index is 0.0385. The molecule has 0 bridgehead atoms. The zero-order valence-corrected chi connectivity index (χ0v) is 19.1. The summed E-state index contributed by atoms with van der Waals surface area (Å²) < 4.78 is 27.3. The topological polar surface area (TPSA) is 95.6 Å². The van der Waals surface area contributed by atoms with Crippen molar-refractivity contribution < 1.29 is 18.0 Å². The van der Waals surface area contributed by atoms with Crippen LogP contribution in [0.4, 0.5) is 5.69 Å². The average Bonchev–Trinajstić information content (AvgIpc) is 2.75. The smallest absolute Gasteiger partial charge is 0.251 e. The summed E-state index contributed by atoms with van der Waals surface area (Å²) in [5.74, 6) is -0.856. The summed E-state index contributed by atoms with van der Waals surface area (Å²) in [7, 11) is -3.59. The van der Waals surface area contributed by atoms with Gasteiger partial charge in [0, 0.05) is 28.9 Å². The van der Waals surface area contributed by atoms with Crippen LogP contribution in [0, 0.1) is 6.92 Å². The third-order valence-corrected chi connectivity index (χ3v) is 7.85. The highest BCUT2D eigenvalue weighted by Crippen LogP contribution is 2.25. The van der Waals surface area contributed by atoms with Crippen molar-refractivity contribution in [2.24, 2.45) is 0 Å². The zero-order chi connectivity index (χ0) is 22.6. The van der Waals surface area contributed by atoms with E-state index in [0.717, 1.165) is 24.8 Å². The fraction of sp³-hybridized carbons (Fsp3) is 0.364. The second kappa shape index (κ2) is 9.80. The number of piperidine rings is 1. The second-order valence-corrected chi connectivity index (χ2v) is 9.93. The molecule has 7 nitrogen and oxygen atoms in total. The van der Waals surface area contributed by atoms with Crippen molar-refractivity contribution in [1.82, 2.24) is 9.62 Å². The molecule has 0 radical (unpaired) electrons. The molecule has 166 valence electrons. The number of rotatable bonds is 6. The van der Waals surface area contributed by atoms with Crippen LogP contribution < -0.4 is 10.6 Å². The molecule has 0 spiro atoms. The van der Waals surface area contributed by atoms with Gasteiger partial charge >= 0.3 is 0 Å². The van der Waals surface area contributed by atoms with E-state index >= 15 is 0 Å². The summed E-state index contributed by atoms with van der Waals surface area (Å²) >= 11 is 6.04. The van der Waals surface area contributed by atoms with Gasteiger partial charge < -0.3 is 10.6 Å². The van der Waals surface area contributed by atoms with Crippen molar-refractivity contribution in [3.8, 4) is 0 Å². The number of sulfonamides is 1.